The number of hydroxylamine groups is 1. The van der Waals surface area contributed by atoms with Crippen molar-refractivity contribution in [3.63, 3.8) is 0 Å². The first kappa shape index (κ1) is 23.5. The molecule has 10 nitrogen and oxygen atoms in total. The highest BCUT2D eigenvalue weighted by Gasteiger charge is 2.40. The third-order valence-corrected chi connectivity index (χ3v) is 6.89. The van der Waals surface area contributed by atoms with Crippen LogP contribution in [0.4, 0.5) is 16.2 Å². The number of nitrogens with zero attached hydrogens (tertiary/aromatic N) is 3. The van der Waals surface area contributed by atoms with Crippen LogP contribution in [0.3, 0.4) is 0 Å². The summed E-state index contributed by atoms with van der Waals surface area (Å²) in [7, 11) is -3.02. The molecule has 1 atom stereocenters. The minimum absolute atomic E-state index is 0.128. The molecule has 1 aromatic carbocycles. The maximum atomic E-state index is 13.2. The van der Waals surface area contributed by atoms with E-state index in [0.717, 1.165) is 9.87 Å². The maximum absolute atomic E-state index is 13.2. The molecule has 170 valence electrons. The number of urea groups is 1. The molecule has 1 saturated heterocycles. The summed E-state index contributed by atoms with van der Waals surface area (Å²) >= 11 is 6.10. The minimum atomic E-state index is -4.66. The number of nitrogens with one attached hydrogen (secondary N) is 2. The molecule has 3 rings (SSSR count). The van der Waals surface area contributed by atoms with Gasteiger partial charge in [0.25, 0.3) is 0 Å². The number of benzene rings is 1. The van der Waals surface area contributed by atoms with Crippen molar-refractivity contribution in [3.05, 3.63) is 46.4 Å². The van der Waals surface area contributed by atoms with Crippen LogP contribution < -0.4 is 14.1 Å². The summed E-state index contributed by atoms with van der Waals surface area (Å²) in [6.45, 7) is 4.62. The Morgan fingerprint density at radius 2 is 2.03 bits per heavy atom. The summed E-state index contributed by atoms with van der Waals surface area (Å²) in [5.74, 6) is 0.128. The van der Waals surface area contributed by atoms with Crippen molar-refractivity contribution < 1.29 is 22.4 Å². The van der Waals surface area contributed by atoms with Crippen molar-refractivity contribution in [2.24, 2.45) is 7.05 Å². The van der Waals surface area contributed by atoms with Crippen LogP contribution in [0.15, 0.2) is 30.6 Å². The Morgan fingerprint density at radius 3 is 2.61 bits per heavy atom. The first-order chi connectivity index (χ1) is 14.6. The summed E-state index contributed by atoms with van der Waals surface area (Å²) < 4.78 is 32.6. The van der Waals surface area contributed by atoms with E-state index in [1.54, 1.807) is 19.2 Å². The molecule has 12 heteroatoms. The number of halogens is 1. The predicted octanol–water partition coefficient (Wildman–Crippen LogP) is 2.04. The molecule has 0 spiro atoms. The second kappa shape index (κ2) is 9.53. The number of anilines is 2. The highest BCUT2D eigenvalue weighted by molar-refractivity contribution is 7.86. The van der Waals surface area contributed by atoms with Gasteiger partial charge in [0, 0.05) is 37.2 Å². The minimum Gasteiger partial charge on any atom is -0.608 e. The molecule has 2 aromatic rings. The van der Waals surface area contributed by atoms with Crippen LogP contribution in [0.1, 0.15) is 38.2 Å². The lowest BCUT2D eigenvalue weighted by Gasteiger charge is -2.35. The van der Waals surface area contributed by atoms with E-state index in [1.165, 1.54) is 23.1 Å². The first-order valence-corrected chi connectivity index (χ1v) is 11.7. The molecule has 1 aromatic heterocycles. The maximum Gasteiger partial charge on any atom is 0.436 e. The van der Waals surface area contributed by atoms with Gasteiger partial charge in [0.05, 0.1) is 17.9 Å². The average molecular weight is 472 g/mol. The lowest BCUT2D eigenvalue weighted by Crippen LogP contribution is -3.14. The Labute approximate surface area is 186 Å². The highest BCUT2D eigenvalue weighted by Crippen LogP contribution is 2.26. The highest BCUT2D eigenvalue weighted by atomic mass is 35.5. The van der Waals surface area contributed by atoms with Gasteiger partial charge < -0.3 is 9.94 Å². The summed E-state index contributed by atoms with van der Waals surface area (Å²) in [4.78, 5) is 12.6. The van der Waals surface area contributed by atoms with Crippen LogP contribution in [0, 0.1) is 5.21 Å². The van der Waals surface area contributed by atoms with Crippen molar-refractivity contribution in [2.75, 3.05) is 22.8 Å². The van der Waals surface area contributed by atoms with E-state index < -0.39 is 26.8 Å². The monoisotopic (exact) mass is 471 g/mol. The number of ether oxygens (including phenoxy) is 1. The average Bonchev–Trinajstić information content (AvgIpc) is 3.13. The van der Waals surface area contributed by atoms with Gasteiger partial charge >= 0.3 is 16.2 Å². The quantitative estimate of drug-likeness (QED) is 0.622. The predicted molar refractivity (Wildman–Crippen MR) is 117 cm³/mol. The van der Waals surface area contributed by atoms with E-state index >= 15 is 0 Å². The van der Waals surface area contributed by atoms with Gasteiger partial charge in [-0.2, -0.15) is 18.0 Å². The molecule has 2 heterocycles. The van der Waals surface area contributed by atoms with E-state index in [4.69, 9.17) is 16.3 Å². The summed E-state index contributed by atoms with van der Waals surface area (Å²) in [5, 5.41) is 19.6. The normalized spacial score (nSPS) is 16.3. The zero-order chi connectivity index (χ0) is 22.8. The smallest absolute Gasteiger partial charge is 0.436 e. The third-order valence-electron chi connectivity index (χ3n) is 4.99. The molecule has 1 aliphatic heterocycles. The van der Waals surface area contributed by atoms with Crippen LogP contribution >= 0.6 is 11.6 Å². The van der Waals surface area contributed by atoms with Crippen molar-refractivity contribution in [1.29, 1.82) is 0 Å². The number of rotatable bonds is 6. The van der Waals surface area contributed by atoms with Gasteiger partial charge in [0.1, 0.15) is 0 Å². The van der Waals surface area contributed by atoms with Crippen molar-refractivity contribution in [1.82, 2.24) is 9.78 Å². The van der Waals surface area contributed by atoms with Gasteiger partial charge in [-0.15, -0.1) is 0 Å². The second-order valence-corrected chi connectivity index (χ2v) is 9.84. The number of carbonyl (C=O) groups excluding carboxylic acids is 1. The molecule has 1 fully saturated rings. The molecule has 0 saturated carbocycles. The van der Waals surface area contributed by atoms with E-state index in [0.29, 0.717) is 31.1 Å². The molecule has 2 N–H and O–H groups in total. The molecule has 31 heavy (non-hydrogen) atoms. The fourth-order valence-corrected chi connectivity index (χ4v) is 5.08. The van der Waals surface area contributed by atoms with Crippen molar-refractivity contribution in [3.8, 4) is 0 Å². The van der Waals surface area contributed by atoms with Crippen molar-refractivity contribution >= 4 is 39.2 Å². The van der Waals surface area contributed by atoms with Gasteiger partial charge in [-0.1, -0.05) is 25.4 Å². The number of carbonyl (C=O) groups is 1. The van der Waals surface area contributed by atoms with E-state index in [2.05, 4.69) is 10.4 Å². The van der Waals surface area contributed by atoms with Gasteiger partial charge in [-0.3, -0.25) is 10.00 Å². The van der Waals surface area contributed by atoms with Crippen LogP contribution in [-0.2, 0) is 22.0 Å². The molecule has 0 radical (unpaired) electrons. The Kier molecular flexibility index (Phi) is 7.22. The fraction of sp³-hybridized carbons (Fsp3) is 0.474. The molecule has 2 amide bonds. The van der Waals surface area contributed by atoms with Gasteiger partial charge in [-0.25, -0.2) is 9.10 Å². The van der Waals surface area contributed by atoms with Gasteiger partial charge in [0.2, 0.25) is 0 Å². The number of hydrogen-bond acceptors (Lipinski definition) is 6. The zero-order valence-corrected chi connectivity index (χ0v) is 19.1. The Balaban J connectivity index is 1.88. The zero-order valence-electron chi connectivity index (χ0n) is 17.5. The summed E-state index contributed by atoms with van der Waals surface area (Å²) in [6, 6.07) is 3.10. The number of aromatic nitrogens is 2. The summed E-state index contributed by atoms with van der Waals surface area (Å²) in [6.07, 6.45) is 3.64. The van der Waals surface area contributed by atoms with Gasteiger partial charge in [-0.05, 0) is 42.5 Å². The lowest BCUT2D eigenvalue weighted by atomic mass is 10.0. The number of aryl methyl sites for hydroxylation is 1. The number of amides is 2. The Bertz CT molecular complexity index is 1040. The largest absolute Gasteiger partial charge is 0.608 e. The fourth-order valence-electron chi connectivity index (χ4n) is 3.39. The number of quaternary nitrogens is 1. The molecule has 1 unspecified atom stereocenters. The van der Waals surface area contributed by atoms with E-state index in [1.807, 2.05) is 13.8 Å². The molecule has 1 aliphatic rings. The first-order valence-electron chi connectivity index (χ1n) is 9.86. The van der Waals surface area contributed by atoms with E-state index in [9.17, 15) is 18.4 Å². The van der Waals surface area contributed by atoms with Crippen LogP contribution in [-0.4, -0.2) is 43.5 Å². The molecule has 0 bridgehead atoms. The van der Waals surface area contributed by atoms with Crippen molar-refractivity contribution in [2.45, 2.75) is 38.6 Å². The molecular weight excluding hydrogens is 446 g/mol. The Morgan fingerprint density at radius 1 is 1.35 bits per heavy atom. The van der Waals surface area contributed by atoms with Crippen LogP contribution in [0.2, 0.25) is 5.02 Å². The second-order valence-electron chi connectivity index (χ2n) is 7.69. The van der Waals surface area contributed by atoms with Gasteiger partial charge in [0.15, 0.2) is 0 Å². The standard InChI is InChI=1S/C19H26ClN5O5S/c1-13(2)14-8-15(20)10-16(9-14)22-19(26)25(27)31(28,29)24(17-4-6-30-7-5-17)18-11-21-23(3)12-18/h8-13,17,25H,4-7H2,1-3H3,(H,22,26). The SMILES string of the molecule is CC(C)c1cc(Cl)cc(NC(=O)[NH+]([O-])S(=O)(=O)N(c2cnn(C)c2)C2CCOCC2)c1. The number of hydrogen-bond donors (Lipinski definition) is 2. The molecular formula is C19H26ClN5O5S. The Hall–Kier alpha value is -2.18. The van der Waals surface area contributed by atoms with E-state index in [-0.39, 0.29) is 17.3 Å². The third kappa shape index (κ3) is 5.36. The van der Waals surface area contributed by atoms with Crippen LogP contribution in [0.5, 0.6) is 0 Å². The lowest BCUT2D eigenvalue weighted by molar-refractivity contribution is -0.604. The van der Waals surface area contributed by atoms with Crippen LogP contribution in [0.25, 0.3) is 0 Å². The topological polar surface area (TPSA) is 121 Å². The molecule has 0 aliphatic carbocycles. The summed E-state index contributed by atoms with van der Waals surface area (Å²) in [5.41, 5.74) is 1.32.